The van der Waals surface area contributed by atoms with Crippen LogP contribution in [0.25, 0.3) is 105 Å². The summed E-state index contributed by atoms with van der Waals surface area (Å²) in [6, 6.07) is 72.2. The van der Waals surface area contributed by atoms with Gasteiger partial charge < -0.3 is 23.0 Å². The highest BCUT2D eigenvalue weighted by Gasteiger charge is 2.24. The van der Waals surface area contributed by atoms with Gasteiger partial charge in [0.05, 0.1) is 66.9 Å². The number of rotatable bonds is 7. The molecule has 65 heavy (non-hydrogen) atoms. The van der Waals surface area contributed by atoms with Gasteiger partial charge in [-0.2, -0.15) is 0 Å². The van der Waals surface area contributed by atoms with Gasteiger partial charge in [0.25, 0.3) is 0 Å². The van der Waals surface area contributed by atoms with Gasteiger partial charge in [-0.25, -0.2) is 0 Å². The second-order valence-corrected chi connectivity index (χ2v) is 16.4. The van der Waals surface area contributed by atoms with Crippen LogP contribution in [0.3, 0.4) is 0 Å². The molecule has 0 saturated carbocycles. The standard InChI is InChI=1S/C59H39N5O/c1-61-38-62(41-18-13-20-43(37-41)65-42-19-12-17-40(36-42)58-44-21-3-2-16-39(44)34-35-60-58)56-33-14-26-49(59(56)61)57-54(63-50-27-8-4-22-45(50)46-23-5-9-28-51(46)63)31-15-32-55(57)64-52-29-10-6-24-47(52)48-25-7-11-30-53(48)64/h2-37H,1H3/i1D3. The first kappa shape index (κ1) is 33.8. The number of hydrogen-bond acceptors (Lipinski definition) is 2. The summed E-state index contributed by atoms with van der Waals surface area (Å²) in [6.45, 7) is -2.60. The van der Waals surface area contributed by atoms with Crippen LogP contribution >= 0.6 is 0 Å². The Morgan fingerprint density at radius 1 is 0.492 bits per heavy atom. The number of ether oxygens (including phenoxy) is 1. The van der Waals surface area contributed by atoms with Gasteiger partial charge in [0.1, 0.15) is 11.5 Å². The first-order valence-electron chi connectivity index (χ1n) is 23.2. The van der Waals surface area contributed by atoms with Crippen molar-refractivity contribution in [3.63, 3.8) is 0 Å². The van der Waals surface area contributed by atoms with E-state index < -0.39 is 6.98 Å². The van der Waals surface area contributed by atoms with Crippen molar-refractivity contribution in [1.82, 2.24) is 18.7 Å². The van der Waals surface area contributed by atoms with Gasteiger partial charge in [-0.3, -0.25) is 4.98 Å². The van der Waals surface area contributed by atoms with E-state index in [-0.39, 0.29) is 0 Å². The Hall–Kier alpha value is -8.74. The molecular formula is C59H39N5O. The molecule has 0 aliphatic rings. The lowest BCUT2D eigenvalue weighted by atomic mass is 9.98. The molecule has 9 aromatic carbocycles. The second-order valence-electron chi connectivity index (χ2n) is 16.4. The van der Waals surface area contributed by atoms with Gasteiger partial charge in [-0.1, -0.05) is 146 Å². The Labute approximate surface area is 378 Å². The molecule has 306 valence electrons. The zero-order valence-corrected chi connectivity index (χ0v) is 34.9. The van der Waals surface area contributed by atoms with Gasteiger partial charge in [-0.15, -0.1) is 0 Å². The molecule has 0 N–H and O–H groups in total. The molecule has 6 heteroatoms. The summed E-state index contributed by atoms with van der Waals surface area (Å²) in [5.41, 5.74) is 11.3. The lowest BCUT2D eigenvalue weighted by molar-refractivity contribution is -0.649. The van der Waals surface area contributed by atoms with Crippen LogP contribution < -0.4 is 9.30 Å². The van der Waals surface area contributed by atoms with Crippen molar-refractivity contribution < 1.29 is 13.4 Å². The fraction of sp³-hybridized carbons (Fsp3) is 0.0169. The Morgan fingerprint density at radius 3 is 1.65 bits per heavy atom. The molecule has 0 atom stereocenters. The maximum absolute atomic E-state index is 9.05. The smallest absolute Gasteiger partial charge is 0.244 e. The maximum Gasteiger partial charge on any atom is 0.244 e. The van der Waals surface area contributed by atoms with Crippen molar-refractivity contribution in [3.05, 3.63) is 225 Å². The number of aromatic nitrogens is 5. The molecule has 0 spiro atoms. The van der Waals surface area contributed by atoms with Crippen LogP contribution in [0.15, 0.2) is 219 Å². The minimum atomic E-state index is -2.60. The number of nitrogens with zero attached hydrogens (tertiary/aromatic N) is 5. The van der Waals surface area contributed by atoms with E-state index in [0.29, 0.717) is 28.2 Å². The van der Waals surface area contributed by atoms with Crippen molar-refractivity contribution in [3.8, 4) is 50.9 Å². The fourth-order valence-electron chi connectivity index (χ4n) is 9.97. The average Bonchev–Trinajstić information content (AvgIpc) is 4.05. The van der Waals surface area contributed by atoms with E-state index in [1.165, 1.54) is 4.57 Å². The fourth-order valence-corrected chi connectivity index (χ4v) is 9.97. The van der Waals surface area contributed by atoms with Crippen LogP contribution in [0.4, 0.5) is 0 Å². The van der Waals surface area contributed by atoms with Crippen molar-refractivity contribution in [1.29, 1.82) is 0 Å². The zero-order valence-electron chi connectivity index (χ0n) is 37.9. The molecule has 0 bridgehead atoms. The van der Waals surface area contributed by atoms with E-state index in [4.69, 9.17) is 13.8 Å². The van der Waals surface area contributed by atoms with E-state index in [1.807, 2.05) is 95.7 Å². The predicted molar refractivity (Wildman–Crippen MR) is 265 cm³/mol. The van der Waals surface area contributed by atoms with E-state index >= 15 is 0 Å². The van der Waals surface area contributed by atoms with Gasteiger partial charge in [0.15, 0.2) is 0 Å². The molecule has 0 unspecified atom stereocenters. The monoisotopic (exact) mass is 836 g/mol. The van der Waals surface area contributed by atoms with E-state index in [9.17, 15) is 0 Å². The van der Waals surface area contributed by atoms with Crippen LogP contribution in [0, 0.1) is 6.33 Å². The molecule has 13 aromatic rings. The topological polar surface area (TPSA) is 40.8 Å². The molecule has 0 amide bonds. The maximum atomic E-state index is 9.05. The SMILES string of the molecule is [2H]C([2H])([2H])[n+]1[c-]n(-c2cccc(Oc3cccc(-c4nccc5ccccc45)c3)c2)c2cccc(-c3c(-n4c5ccccc5c5ccccc54)cccc3-n3c4ccccc4c4ccccc43)c21. The predicted octanol–water partition coefficient (Wildman–Crippen LogP) is 14.1. The second kappa shape index (κ2) is 14.7. The Bertz CT molecular complexity index is 3900. The molecule has 0 aliphatic carbocycles. The van der Waals surface area contributed by atoms with Gasteiger partial charge in [0, 0.05) is 44.3 Å². The third-order valence-corrected chi connectivity index (χ3v) is 12.7. The highest BCUT2D eigenvalue weighted by atomic mass is 16.5. The summed E-state index contributed by atoms with van der Waals surface area (Å²) in [7, 11) is 0. The number of aryl methyl sites for hydroxylation is 1. The quantitative estimate of drug-likeness (QED) is 0.119. The molecule has 0 aliphatic heterocycles. The summed E-state index contributed by atoms with van der Waals surface area (Å²) < 4.78 is 41.5. The first-order valence-corrected chi connectivity index (χ1v) is 21.7. The summed E-state index contributed by atoms with van der Waals surface area (Å²) in [6.07, 6.45) is 5.15. The summed E-state index contributed by atoms with van der Waals surface area (Å²) in [4.78, 5) is 4.74. The molecular weight excluding hydrogens is 795 g/mol. The Balaban J connectivity index is 1.03. The summed E-state index contributed by atoms with van der Waals surface area (Å²) in [5.74, 6) is 1.23. The molecule has 0 radical (unpaired) electrons. The van der Waals surface area contributed by atoms with Crippen LogP contribution in [-0.4, -0.2) is 18.7 Å². The highest BCUT2D eigenvalue weighted by molar-refractivity contribution is 6.12. The Morgan fingerprint density at radius 2 is 1.02 bits per heavy atom. The number of fused-ring (bicyclic) bond motifs is 8. The highest BCUT2D eigenvalue weighted by Crippen LogP contribution is 2.44. The first-order chi connectivity index (χ1) is 33.4. The zero-order chi connectivity index (χ0) is 45.5. The number of pyridine rings is 1. The summed E-state index contributed by atoms with van der Waals surface area (Å²) in [5, 5.41) is 6.70. The van der Waals surface area contributed by atoms with Crippen molar-refractivity contribution >= 4 is 65.4 Å². The van der Waals surface area contributed by atoms with E-state index in [1.54, 1.807) is 0 Å². The number of hydrogen-bond donors (Lipinski definition) is 0. The molecule has 4 heterocycles. The lowest BCUT2D eigenvalue weighted by Gasteiger charge is -2.21. The van der Waals surface area contributed by atoms with Crippen LogP contribution in [0.1, 0.15) is 4.11 Å². The van der Waals surface area contributed by atoms with Crippen molar-refractivity contribution in [2.75, 3.05) is 0 Å². The van der Waals surface area contributed by atoms with E-state index in [0.717, 1.165) is 88.1 Å². The Kier molecular flexibility index (Phi) is 7.64. The normalized spacial score (nSPS) is 12.6. The summed E-state index contributed by atoms with van der Waals surface area (Å²) >= 11 is 0. The van der Waals surface area contributed by atoms with E-state index in [2.05, 4.69) is 143 Å². The van der Waals surface area contributed by atoms with Gasteiger partial charge in [0.2, 0.25) is 6.33 Å². The average molecular weight is 837 g/mol. The number of para-hydroxylation sites is 5. The van der Waals surface area contributed by atoms with Crippen molar-refractivity contribution in [2.24, 2.45) is 6.98 Å². The van der Waals surface area contributed by atoms with Gasteiger partial charge in [-0.05, 0) is 77.7 Å². The van der Waals surface area contributed by atoms with Gasteiger partial charge >= 0.3 is 0 Å². The third-order valence-electron chi connectivity index (χ3n) is 12.7. The number of imidazole rings is 1. The third kappa shape index (κ3) is 5.81. The molecule has 6 nitrogen and oxygen atoms in total. The van der Waals surface area contributed by atoms with Crippen molar-refractivity contribution in [2.45, 2.75) is 0 Å². The largest absolute Gasteiger partial charge is 0.458 e. The van der Waals surface area contributed by atoms with Crippen LogP contribution in [0.5, 0.6) is 11.5 Å². The molecule has 13 rings (SSSR count). The molecule has 0 fully saturated rings. The van der Waals surface area contributed by atoms with Crippen LogP contribution in [-0.2, 0) is 6.98 Å². The minimum absolute atomic E-state index is 0.518. The molecule has 4 aromatic heterocycles. The van der Waals surface area contributed by atoms with Crippen LogP contribution in [0.2, 0.25) is 0 Å². The lowest BCUT2D eigenvalue weighted by Crippen LogP contribution is -2.27. The molecule has 0 saturated heterocycles. The minimum Gasteiger partial charge on any atom is -0.458 e. The number of benzene rings is 9.